The molecule has 2 N–H and O–H groups in total. The van der Waals surface area contributed by atoms with E-state index in [0.717, 1.165) is 64.2 Å². The van der Waals surface area contributed by atoms with Crippen LogP contribution in [0.3, 0.4) is 0 Å². The lowest BCUT2D eigenvalue weighted by Gasteiger charge is -2.21. The standard InChI is InChI=1S/C14H23FN4/c15-14-9-13(10-17-11-14)12-19-6-2-5-18(7-8-19)4-1-3-16/h9-11H,1-8,12,16H2. The summed E-state index contributed by atoms with van der Waals surface area (Å²) >= 11 is 0. The van der Waals surface area contributed by atoms with Crippen molar-refractivity contribution < 1.29 is 4.39 Å². The van der Waals surface area contributed by atoms with Crippen molar-refractivity contribution in [1.82, 2.24) is 14.8 Å². The molecular formula is C14H23FN4. The number of hydrogen-bond acceptors (Lipinski definition) is 4. The zero-order valence-electron chi connectivity index (χ0n) is 11.4. The Bertz CT molecular complexity index is 385. The first kappa shape index (κ1) is 14.4. The van der Waals surface area contributed by atoms with Crippen molar-refractivity contribution in [2.75, 3.05) is 39.3 Å². The quantitative estimate of drug-likeness (QED) is 0.866. The van der Waals surface area contributed by atoms with E-state index < -0.39 is 0 Å². The highest BCUT2D eigenvalue weighted by Gasteiger charge is 2.14. The molecule has 0 saturated carbocycles. The van der Waals surface area contributed by atoms with Crippen molar-refractivity contribution in [3.8, 4) is 0 Å². The summed E-state index contributed by atoms with van der Waals surface area (Å²) in [5.74, 6) is -0.253. The molecule has 0 atom stereocenters. The van der Waals surface area contributed by atoms with Crippen LogP contribution in [0.4, 0.5) is 4.39 Å². The Labute approximate surface area is 114 Å². The van der Waals surface area contributed by atoms with Gasteiger partial charge in [0.05, 0.1) is 6.20 Å². The number of nitrogens with zero attached hydrogens (tertiary/aromatic N) is 3. The molecule has 106 valence electrons. The van der Waals surface area contributed by atoms with Crippen LogP contribution >= 0.6 is 0 Å². The van der Waals surface area contributed by atoms with Crippen molar-refractivity contribution in [2.24, 2.45) is 5.73 Å². The van der Waals surface area contributed by atoms with Crippen LogP contribution in [-0.2, 0) is 6.54 Å². The van der Waals surface area contributed by atoms with Crippen LogP contribution < -0.4 is 5.73 Å². The minimum atomic E-state index is -0.253. The van der Waals surface area contributed by atoms with Gasteiger partial charge in [-0.1, -0.05) is 0 Å². The topological polar surface area (TPSA) is 45.4 Å². The molecule has 1 fully saturated rings. The third kappa shape index (κ3) is 4.86. The number of nitrogens with two attached hydrogens (primary N) is 1. The third-order valence-corrected chi connectivity index (χ3v) is 3.53. The first-order valence-electron chi connectivity index (χ1n) is 7.02. The monoisotopic (exact) mass is 266 g/mol. The largest absolute Gasteiger partial charge is 0.330 e. The number of hydrogen-bond donors (Lipinski definition) is 1. The number of halogens is 1. The first-order chi connectivity index (χ1) is 9.28. The lowest BCUT2D eigenvalue weighted by Crippen LogP contribution is -2.31. The summed E-state index contributed by atoms with van der Waals surface area (Å²) in [6.07, 6.45) is 5.22. The molecule has 1 aliphatic heterocycles. The zero-order valence-corrected chi connectivity index (χ0v) is 11.4. The van der Waals surface area contributed by atoms with Crippen LogP contribution in [-0.4, -0.2) is 54.1 Å². The fraction of sp³-hybridized carbons (Fsp3) is 0.643. The van der Waals surface area contributed by atoms with Gasteiger partial charge in [0.1, 0.15) is 5.82 Å². The average molecular weight is 266 g/mol. The normalized spacial score (nSPS) is 18.4. The molecule has 2 rings (SSSR count). The van der Waals surface area contributed by atoms with Gasteiger partial charge >= 0.3 is 0 Å². The smallest absolute Gasteiger partial charge is 0.141 e. The molecule has 2 heterocycles. The second kappa shape index (κ2) is 7.53. The average Bonchev–Trinajstić information content (AvgIpc) is 2.62. The van der Waals surface area contributed by atoms with E-state index in [1.165, 1.54) is 6.20 Å². The van der Waals surface area contributed by atoms with Crippen LogP contribution in [0.25, 0.3) is 0 Å². The molecule has 0 spiro atoms. The summed E-state index contributed by atoms with van der Waals surface area (Å²) in [4.78, 5) is 8.75. The molecule has 1 aliphatic rings. The predicted octanol–water partition coefficient (Wildman–Crippen LogP) is 1.08. The number of pyridine rings is 1. The molecule has 0 radical (unpaired) electrons. The van der Waals surface area contributed by atoms with Gasteiger partial charge in [-0.2, -0.15) is 0 Å². The molecule has 0 bridgehead atoms. The molecule has 19 heavy (non-hydrogen) atoms. The van der Waals surface area contributed by atoms with E-state index in [0.29, 0.717) is 0 Å². The lowest BCUT2D eigenvalue weighted by atomic mass is 10.2. The molecular weight excluding hydrogens is 243 g/mol. The fourth-order valence-electron chi connectivity index (χ4n) is 2.52. The SMILES string of the molecule is NCCCN1CCCN(Cc2cncc(F)c2)CC1. The van der Waals surface area contributed by atoms with E-state index in [1.54, 1.807) is 12.3 Å². The highest BCUT2D eigenvalue weighted by molar-refractivity contribution is 5.09. The van der Waals surface area contributed by atoms with Gasteiger partial charge in [0, 0.05) is 25.8 Å². The molecule has 0 aromatic carbocycles. The molecule has 1 aromatic heterocycles. The van der Waals surface area contributed by atoms with Gasteiger partial charge in [-0.3, -0.25) is 9.88 Å². The molecule has 4 nitrogen and oxygen atoms in total. The van der Waals surface area contributed by atoms with Gasteiger partial charge in [0.15, 0.2) is 0 Å². The van der Waals surface area contributed by atoms with Crippen LogP contribution in [0.15, 0.2) is 18.5 Å². The second-order valence-electron chi connectivity index (χ2n) is 5.12. The molecule has 1 aromatic rings. The highest BCUT2D eigenvalue weighted by Crippen LogP contribution is 2.09. The molecule has 1 saturated heterocycles. The maximum atomic E-state index is 13.1. The van der Waals surface area contributed by atoms with Crippen molar-refractivity contribution in [3.05, 3.63) is 29.8 Å². The second-order valence-corrected chi connectivity index (χ2v) is 5.12. The van der Waals surface area contributed by atoms with Gasteiger partial charge < -0.3 is 10.6 Å². The molecule has 0 amide bonds. The van der Waals surface area contributed by atoms with Crippen LogP contribution in [0.1, 0.15) is 18.4 Å². The van der Waals surface area contributed by atoms with Gasteiger partial charge in [-0.15, -0.1) is 0 Å². The van der Waals surface area contributed by atoms with E-state index in [1.807, 2.05) is 0 Å². The lowest BCUT2D eigenvalue weighted by molar-refractivity contribution is 0.250. The predicted molar refractivity (Wildman–Crippen MR) is 74.2 cm³/mol. The number of aromatic nitrogens is 1. The van der Waals surface area contributed by atoms with Crippen LogP contribution in [0, 0.1) is 5.82 Å². The minimum Gasteiger partial charge on any atom is -0.330 e. The summed E-state index contributed by atoms with van der Waals surface area (Å²) in [5.41, 5.74) is 6.50. The fourth-order valence-corrected chi connectivity index (χ4v) is 2.52. The van der Waals surface area contributed by atoms with Crippen molar-refractivity contribution in [1.29, 1.82) is 0 Å². The molecule has 0 aliphatic carbocycles. The Morgan fingerprint density at radius 1 is 1.16 bits per heavy atom. The van der Waals surface area contributed by atoms with E-state index in [2.05, 4.69) is 14.8 Å². The zero-order chi connectivity index (χ0) is 13.5. The Morgan fingerprint density at radius 2 is 1.95 bits per heavy atom. The van der Waals surface area contributed by atoms with Crippen molar-refractivity contribution >= 4 is 0 Å². The van der Waals surface area contributed by atoms with E-state index in [4.69, 9.17) is 5.73 Å². The summed E-state index contributed by atoms with van der Waals surface area (Å²) < 4.78 is 13.1. The first-order valence-corrected chi connectivity index (χ1v) is 7.02. The Hall–Kier alpha value is -1.04. The molecule has 0 unspecified atom stereocenters. The van der Waals surface area contributed by atoms with Gasteiger partial charge in [0.25, 0.3) is 0 Å². The summed E-state index contributed by atoms with van der Waals surface area (Å²) in [6.45, 7) is 6.94. The number of rotatable bonds is 5. The van der Waals surface area contributed by atoms with E-state index in [9.17, 15) is 4.39 Å². The van der Waals surface area contributed by atoms with E-state index >= 15 is 0 Å². The van der Waals surface area contributed by atoms with E-state index in [-0.39, 0.29) is 5.82 Å². The van der Waals surface area contributed by atoms with Crippen LogP contribution in [0.5, 0.6) is 0 Å². The highest BCUT2D eigenvalue weighted by atomic mass is 19.1. The van der Waals surface area contributed by atoms with Crippen molar-refractivity contribution in [2.45, 2.75) is 19.4 Å². The van der Waals surface area contributed by atoms with Gasteiger partial charge in [-0.25, -0.2) is 4.39 Å². The Kier molecular flexibility index (Phi) is 5.69. The van der Waals surface area contributed by atoms with Gasteiger partial charge in [0.2, 0.25) is 0 Å². The minimum absolute atomic E-state index is 0.253. The van der Waals surface area contributed by atoms with Crippen LogP contribution in [0.2, 0.25) is 0 Å². The Balaban J connectivity index is 1.82. The van der Waals surface area contributed by atoms with Crippen molar-refractivity contribution in [3.63, 3.8) is 0 Å². The summed E-state index contributed by atoms with van der Waals surface area (Å²) in [7, 11) is 0. The summed E-state index contributed by atoms with van der Waals surface area (Å²) in [5, 5.41) is 0. The maximum absolute atomic E-state index is 13.1. The summed E-state index contributed by atoms with van der Waals surface area (Å²) in [6, 6.07) is 1.57. The maximum Gasteiger partial charge on any atom is 0.141 e. The Morgan fingerprint density at radius 3 is 2.74 bits per heavy atom. The molecule has 5 heteroatoms. The van der Waals surface area contributed by atoms with Gasteiger partial charge in [-0.05, 0) is 50.7 Å². The third-order valence-electron chi connectivity index (χ3n) is 3.53.